The van der Waals surface area contributed by atoms with Crippen LogP contribution in [0.5, 0.6) is 0 Å². The van der Waals surface area contributed by atoms with Crippen LogP contribution in [0.15, 0.2) is 0 Å². The lowest BCUT2D eigenvalue weighted by molar-refractivity contribution is -0.142. The first-order valence-corrected chi connectivity index (χ1v) is 6.35. The van der Waals surface area contributed by atoms with Crippen molar-refractivity contribution in [3.63, 3.8) is 0 Å². The second kappa shape index (κ2) is 6.27. The molecule has 0 unspecified atom stereocenters. The minimum Gasteiger partial charge on any atom is -0.480 e. The first-order valence-electron chi connectivity index (χ1n) is 6.35. The maximum Gasteiger partial charge on any atom is 0.328 e. The second-order valence-corrected chi connectivity index (χ2v) is 4.75. The third kappa shape index (κ3) is 3.87. The number of nitrogens with one attached hydrogen (secondary N) is 2. The number of hydrogen-bond donors (Lipinski definition) is 3. The van der Waals surface area contributed by atoms with Gasteiger partial charge in [-0.1, -0.05) is 13.8 Å². The van der Waals surface area contributed by atoms with Crippen LogP contribution in [0.2, 0.25) is 0 Å². The monoisotopic (exact) mass is 281 g/mol. The molecule has 0 saturated heterocycles. The van der Waals surface area contributed by atoms with E-state index in [9.17, 15) is 9.59 Å². The van der Waals surface area contributed by atoms with E-state index in [-0.39, 0.29) is 5.95 Å². The van der Waals surface area contributed by atoms with Gasteiger partial charge in [-0.2, -0.15) is 0 Å². The lowest BCUT2D eigenvalue weighted by atomic mass is 10.1. The molecule has 0 aromatic carbocycles. The summed E-state index contributed by atoms with van der Waals surface area (Å²) < 4.78 is 0. The Morgan fingerprint density at radius 1 is 1.15 bits per heavy atom. The molecular formula is C12H19N5O3. The van der Waals surface area contributed by atoms with Crippen molar-refractivity contribution < 1.29 is 14.7 Å². The van der Waals surface area contributed by atoms with Gasteiger partial charge in [0.05, 0.1) is 11.4 Å². The van der Waals surface area contributed by atoms with E-state index in [4.69, 9.17) is 5.11 Å². The van der Waals surface area contributed by atoms with Crippen molar-refractivity contribution in [1.29, 1.82) is 0 Å². The topological polar surface area (TPSA) is 117 Å². The number of aliphatic carboxylic acids is 1. The zero-order chi connectivity index (χ0) is 15.3. The average Bonchev–Trinajstić information content (AvgIpc) is 2.37. The number of urea groups is 1. The largest absolute Gasteiger partial charge is 0.480 e. The summed E-state index contributed by atoms with van der Waals surface area (Å²) in [4.78, 5) is 26.8. The van der Waals surface area contributed by atoms with Crippen molar-refractivity contribution >= 4 is 17.9 Å². The molecule has 0 saturated carbocycles. The fourth-order valence-electron chi connectivity index (χ4n) is 1.46. The van der Waals surface area contributed by atoms with Crippen molar-refractivity contribution in [2.45, 2.75) is 46.1 Å². The number of carboxylic acids is 1. The van der Waals surface area contributed by atoms with Crippen molar-refractivity contribution in [3.8, 4) is 0 Å². The summed E-state index contributed by atoms with van der Waals surface area (Å²) in [5, 5.41) is 21.4. The fraction of sp³-hybridized carbons (Fsp3) is 0.583. The van der Waals surface area contributed by atoms with Crippen LogP contribution in [0, 0.1) is 0 Å². The first kappa shape index (κ1) is 15.8. The molecule has 1 heterocycles. The van der Waals surface area contributed by atoms with Gasteiger partial charge in [0.1, 0.15) is 5.54 Å². The average molecular weight is 281 g/mol. The Bertz CT molecular complexity index is 516. The standard InChI is InChI=1S/C12H19N5O3/c1-5-7-8(6-2)16-17-10(13-7)14-11(20)15-12(3,4)9(18)19/h5-6H2,1-4H3,(H,18,19)(H2,13,14,15,17,20). The minimum atomic E-state index is -1.38. The Balaban J connectivity index is 2.79. The highest BCUT2D eigenvalue weighted by Crippen LogP contribution is 2.07. The maximum atomic E-state index is 11.7. The van der Waals surface area contributed by atoms with Crippen LogP contribution in [0.4, 0.5) is 10.7 Å². The Hall–Kier alpha value is -2.25. The van der Waals surface area contributed by atoms with Gasteiger partial charge in [0.25, 0.3) is 5.95 Å². The molecule has 8 heteroatoms. The Labute approximate surface area is 117 Å². The van der Waals surface area contributed by atoms with E-state index in [0.717, 1.165) is 11.4 Å². The molecule has 0 bridgehead atoms. The highest BCUT2D eigenvalue weighted by atomic mass is 16.4. The lowest BCUT2D eigenvalue weighted by Crippen LogP contribution is -2.51. The molecular weight excluding hydrogens is 262 g/mol. The summed E-state index contributed by atoms with van der Waals surface area (Å²) in [6, 6.07) is -0.689. The van der Waals surface area contributed by atoms with Gasteiger partial charge in [0.15, 0.2) is 0 Å². The normalized spacial score (nSPS) is 11.0. The van der Waals surface area contributed by atoms with Crippen molar-refractivity contribution in [1.82, 2.24) is 20.5 Å². The number of carbonyl (C=O) groups is 2. The Kier molecular flexibility index (Phi) is 4.95. The second-order valence-electron chi connectivity index (χ2n) is 4.75. The van der Waals surface area contributed by atoms with Crippen LogP contribution in [-0.2, 0) is 17.6 Å². The smallest absolute Gasteiger partial charge is 0.328 e. The predicted molar refractivity (Wildman–Crippen MR) is 72.5 cm³/mol. The fourth-order valence-corrected chi connectivity index (χ4v) is 1.46. The van der Waals surface area contributed by atoms with Gasteiger partial charge in [0, 0.05) is 0 Å². The molecule has 0 radical (unpaired) electrons. The van der Waals surface area contributed by atoms with Gasteiger partial charge in [-0.05, 0) is 26.7 Å². The van der Waals surface area contributed by atoms with E-state index in [2.05, 4.69) is 25.8 Å². The van der Waals surface area contributed by atoms with Crippen molar-refractivity contribution in [2.24, 2.45) is 0 Å². The molecule has 0 atom stereocenters. The van der Waals surface area contributed by atoms with Gasteiger partial charge in [-0.15, -0.1) is 10.2 Å². The summed E-state index contributed by atoms with van der Waals surface area (Å²) in [5.41, 5.74) is 0.161. The summed E-state index contributed by atoms with van der Waals surface area (Å²) in [7, 11) is 0. The highest BCUT2D eigenvalue weighted by molar-refractivity contribution is 5.92. The van der Waals surface area contributed by atoms with Gasteiger partial charge in [-0.25, -0.2) is 14.6 Å². The molecule has 3 N–H and O–H groups in total. The Morgan fingerprint density at radius 2 is 1.75 bits per heavy atom. The third-order valence-electron chi connectivity index (χ3n) is 2.70. The van der Waals surface area contributed by atoms with Gasteiger partial charge in [-0.3, -0.25) is 5.32 Å². The summed E-state index contributed by atoms with van der Waals surface area (Å²) in [6.45, 7) is 6.64. The lowest BCUT2D eigenvalue weighted by Gasteiger charge is -2.20. The maximum absolute atomic E-state index is 11.7. The zero-order valence-corrected chi connectivity index (χ0v) is 12.0. The van der Waals surface area contributed by atoms with E-state index in [0.29, 0.717) is 12.8 Å². The molecule has 0 aliphatic heterocycles. The highest BCUT2D eigenvalue weighted by Gasteiger charge is 2.29. The SMILES string of the molecule is CCc1nnc(NC(=O)NC(C)(C)C(=O)O)nc1CC. The van der Waals surface area contributed by atoms with E-state index in [1.807, 2.05) is 13.8 Å². The molecule has 1 aromatic heterocycles. The number of carbonyl (C=O) groups excluding carboxylic acids is 1. The predicted octanol–water partition coefficient (Wildman–Crippen LogP) is 0.981. The minimum absolute atomic E-state index is 0.0535. The van der Waals surface area contributed by atoms with Crippen LogP contribution >= 0.6 is 0 Å². The van der Waals surface area contributed by atoms with Crippen LogP contribution in [0.1, 0.15) is 39.1 Å². The van der Waals surface area contributed by atoms with Crippen LogP contribution in [0.25, 0.3) is 0 Å². The molecule has 8 nitrogen and oxygen atoms in total. The van der Waals surface area contributed by atoms with Gasteiger partial charge in [0.2, 0.25) is 0 Å². The summed E-state index contributed by atoms with van der Waals surface area (Å²) in [5.74, 6) is -1.08. The van der Waals surface area contributed by atoms with E-state index in [1.165, 1.54) is 13.8 Å². The van der Waals surface area contributed by atoms with E-state index >= 15 is 0 Å². The van der Waals surface area contributed by atoms with Crippen molar-refractivity contribution in [2.75, 3.05) is 5.32 Å². The molecule has 110 valence electrons. The van der Waals surface area contributed by atoms with Crippen LogP contribution < -0.4 is 10.6 Å². The summed E-state index contributed by atoms with van der Waals surface area (Å²) >= 11 is 0. The number of carboxylic acid groups (broad SMARTS) is 1. The molecule has 1 rings (SSSR count). The quantitative estimate of drug-likeness (QED) is 0.740. The van der Waals surface area contributed by atoms with Gasteiger partial charge < -0.3 is 10.4 Å². The number of amides is 2. The summed E-state index contributed by atoms with van der Waals surface area (Å²) in [6.07, 6.45) is 1.39. The number of nitrogens with zero attached hydrogens (tertiary/aromatic N) is 3. The van der Waals surface area contributed by atoms with E-state index < -0.39 is 17.5 Å². The Morgan fingerprint density at radius 3 is 2.25 bits per heavy atom. The molecule has 0 spiro atoms. The molecule has 0 fully saturated rings. The van der Waals surface area contributed by atoms with E-state index in [1.54, 1.807) is 0 Å². The van der Waals surface area contributed by atoms with Crippen molar-refractivity contribution in [3.05, 3.63) is 11.4 Å². The molecule has 20 heavy (non-hydrogen) atoms. The van der Waals surface area contributed by atoms with Crippen LogP contribution in [0.3, 0.4) is 0 Å². The number of hydrogen-bond acceptors (Lipinski definition) is 5. The number of aryl methyl sites for hydroxylation is 2. The first-order chi connectivity index (χ1) is 9.30. The van der Waals surface area contributed by atoms with Crippen LogP contribution in [-0.4, -0.2) is 37.8 Å². The number of aromatic nitrogens is 3. The third-order valence-corrected chi connectivity index (χ3v) is 2.70. The number of rotatable bonds is 5. The molecule has 1 aromatic rings. The molecule has 0 aliphatic rings. The van der Waals surface area contributed by atoms with Gasteiger partial charge >= 0.3 is 12.0 Å². The number of anilines is 1. The zero-order valence-electron chi connectivity index (χ0n) is 12.0. The molecule has 2 amide bonds. The molecule has 0 aliphatic carbocycles.